The van der Waals surface area contributed by atoms with Crippen molar-refractivity contribution in [2.45, 2.75) is 25.8 Å². The number of carbonyl (C=O) groups is 1. The Morgan fingerprint density at radius 2 is 1.96 bits per heavy atom. The average Bonchev–Trinajstić information content (AvgIpc) is 3.05. The topological polar surface area (TPSA) is 69.7 Å². The van der Waals surface area contributed by atoms with Crippen LogP contribution in [-0.4, -0.2) is 62.5 Å². The zero-order chi connectivity index (χ0) is 18.3. The Hall–Kier alpha value is -1.15. The highest BCUT2D eigenvalue weighted by atomic mass is 35.5. The maximum atomic E-state index is 12.1. The van der Waals surface area contributed by atoms with Crippen molar-refractivity contribution in [3.8, 4) is 0 Å². The van der Waals surface area contributed by atoms with Crippen LogP contribution in [0.5, 0.6) is 0 Å². The predicted octanol–water partition coefficient (Wildman–Crippen LogP) is 1.70. The summed E-state index contributed by atoms with van der Waals surface area (Å²) in [6.45, 7) is 3.67. The molecule has 1 fully saturated rings. The molecule has 0 unspecified atom stereocenters. The van der Waals surface area contributed by atoms with Gasteiger partial charge in [0.1, 0.15) is 0 Å². The van der Waals surface area contributed by atoms with Crippen LogP contribution in [0.25, 0.3) is 0 Å². The molecule has 140 valence electrons. The lowest BCUT2D eigenvalue weighted by atomic mass is 10.2. The molecule has 0 atom stereocenters. The molecule has 1 heterocycles. The second-order valence-corrected chi connectivity index (χ2v) is 8.76. The molecule has 0 aliphatic carbocycles. The number of likely N-dealkylation sites (tertiary alicyclic amines) is 1. The second kappa shape index (κ2) is 9.52. The molecule has 0 bridgehead atoms. The fourth-order valence-corrected chi connectivity index (χ4v) is 3.78. The van der Waals surface area contributed by atoms with Crippen molar-refractivity contribution < 1.29 is 13.2 Å². The molecule has 0 saturated carbocycles. The van der Waals surface area contributed by atoms with Crippen LogP contribution in [0.2, 0.25) is 5.02 Å². The molecule has 0 spiro atoms. The van der Waals surface area contributed by atoms with Gasteiger partial charge in [0.15, 0.2) is 0 Å². The van der Waals surface area contributed by atoms with E-state index in [0.29, 0.717) is 17.1 Å². The SMILES string of the molecule is CS(=O)(=O)N(CC(=O)NCCCN1CCCC1)Cc1ccccc1Cl. The average molecular weight is 388 g/mol. The van der Waals surface area contributed by atoms with Gasteiger partial charge >= 0.3 is 0 Å². The van der Waals surface area contributed by atoms with Gasteiger partial charge in [-0.15, -0.1) is 0 Å². The smallest absolute Gasteiger partial charge is 0.235 e. The van der Waals surface area contributed by atoms with E-state index in [0.717, 1.165) is 36.6 Å². The van der Waals surface area contributed by atoms with Gasteiger partial charge in [-0.05, 0) is 50.5 Å². The molecule has 2 rings (SSSR count). The lowest BCUT2D eigenvalue weighted by Crippen LogP contribution is -2.40. The number of nitrogens with one attached hydrogen (secondary N) is 1. The third-order valence-electron chi connectivity index (χ3n) is 4.27. The van der Waals surface area contributed by atoms with Gasteiger partial charge in [0.2, 0.25) is 15.9 Å². The van der Waals surface area contributed by atoms with Gasteiger partial charge in [-0.25, -0.2) is 8.42 Å². The number of sulfonamides is 1. The summed E-state index contributed by atoms with van der Waals surface area (Å²) >= 11 is 6.09. The van der Waals surface area contributed by atoms with Gasteiger partial charge < -0.3 is 10.2 Å². The summed E-state index contributed by atoms with van der Waals surface area (Å²) in [5.74, 6) is -0.293. The lowest BCUT2D eigenvalue weighted by Gasteiger charge is -2.20. The Bertz CT molecular complexity index is 675. The number of halogens is 1. The highest BCUT2D eigenvalue weighted by molar-refractivity contribution is 7.88. The number of amides is 1. The molecular weight excluding hydrogens is 362 g/mol. The molecule has 1 saturated heterocycles. The molecule has 25 heavy (non-hydrogen) atoms. The molecule has 1 aliphatic rings. The van der Waals surface area contributed by atoms with Crippen LogP contribution in [0.1, 0.15) is 24.8 Å². The highest BCUT2D eigenvalue weighted by Gasteiger charge is 2.21. The van der Waals surface area contributed by atoms with E-state index in [-0.39, 0.29) is 19.0 Å². The number of nitrogens with zero attached hydrogens (tertiary/aromatic N) is 2. The fraction of sp³-hybridized carbons (Fsp3) is 0.588. The Morgan fingerprint density at radius 1 is 1.28 bits per heavy atom. The van der Waals surface area contributed by atoms with Gasteiger partial charge in [-0.2, -0.15) is 4.31 Å². The summed E-state index contributed by atoms with van der Waals surface area (Å²) in [6.07, 6.45) is 4.47. The van der Waals surface area contributed by atoms with Crippen LogP contribution in [0.15, 0.2) is 24.3 Å². The van der Waals surface area contributed by atoms with E-state index in [9.17, 15) is 13.2 Å². The van der Waals surface area contributed by atoms with E-state index in [1.165, 1.54) is 12.8 Å². The van der Waals surface area contributed by atoms with E-state index < -0.39 is 10.0 Å². The maximum absolute atomic E-state index is 12.1. The van der Waals surface area contributed by atoms with E-state index in [4.69, 9.17) is 11.6 Å². The van der Waals surface area contributed by atoms with Gasteiger partial charge in [-0.3, -0.25) is 4.79 Å². The van der Waals surface area contributed by atoms with Gasteiger partial charge in [0.05, 0.1) is 12.8 Å². The van der Waals surface area contributed by atoms with Crippen molar-refractivity contribution in [2.24, 2.45) is 0 Å². The minimum Gasteiger partial charge on any atom is -0.355 e. The van der Waals surface area contributed by atoms with Crippen molar-refractivity contribution in [1.82, 2.24) is 14.5 Å². The lowest BCUT2D eigenvalue weighted by molar-refractivity contribution is -0.121. The van der Waals surface area contributed by atoms with Crippen LogP contribution in [0, 0.1) is 0 Å². The third-order valence-corrected chi connectivity index (χ3v) is 5.83. The monoisotopic (exact) mass is 387 g/mol. The Morgan fingerprint density at radius 3 is 2.60 bits per heavy atom. The molecule has 1 aliphatic heterocycles. The zero-order valence-electron chi connectivity index (χ0n) is 14.6. The standard InChI is InChI=1S/C17H26ClN3O3S/c1-25(23,24)21(13-15-7-2-3-8-16(15)18)14-17(22)19-9-6-12-20-10-4-5-11-20/h2-3,7-8H,4-6,9-14H2,1H3,(H,19,22). The fourth-order valence-electron chi connectivity index (χ4n) is 2.86. The zero-order valence-corrected chi connectivity index (χ0v) is 16.2. The summed E-state index contributed by atoms with van der Waals surface area (Å²) < 4.78 is 25.1. The molecule has 1 aromatic carbocycles. The molecule has 8 heteroatoms. The number of rotatable bonds is 9. The first-order chi connectivity index (χ1) is 11.9. The van der Waals surface area contributed by atoms with Crippen LogP contribution >= 0.6 is 11.6 Å². The van der Waals surface area contributed by atoms with Gasteiger partial charge in [-0.1, -0.05) is 29.8 Å². The Kier molecular flexibility index (Phi) is 7.68. The van der Waals surface area contributed by atoms with Crippen molar-refractivity contribution >= 4 is 27.5 Å². The van der Waals surface area contributed by atoms with Crippen molar-refractivity contribution in [1.29, 1.82) is 0 Å². The number of carbonyl (C=O) groups excluding carboxylic acids is 1. The van der Waals surface area contributed by atoms with E-state index in [1.54, 1.807) is 24.3 Å². The van der Waals surface area contributed by atoms with E-state index in [1.807, 2.05) is 0 Å². The molecular formula is C17H26ClN3O3S. The normalized spacial score (nSPS) is 15.6. The Labute approximate surface area is 155 Å². The molecule has 6 nitrogen and oxygen atoms in total. The van der Waals surface area contributed by atoms with Crippen LogP contribution in [0.4, 0.5) is 0 Å². The molecule has 0 aromatic heterocycles. The quantitative estimate of drug-likeness (QED) is 0.655. The first kappa shape index (κ1) is 20.2. The molecule has 0 radical (unpaired) electrons. The van der Waals surface area contributed by atoms with Crippen molar-refractivity contribution in [3.63, 3.8) is 0 Å². The minimum atomic E-state index is -3.51. The second-order valence-electron chi connectivity index (χ2n) is 6.37. The minimum absolute atomic E-state index is 0.0830. The molecule has 1 N–H and O–H groups in total. The first-order valence-corrected chi connectivity index (χ1v) is 10.8. The summed E-state index contributed by atoms with van der Waals surface area (Å²) in [6, 6.07) is 7.04. The largest absolute Gasteiger partial charge is 0.355 e. The number of benzene rings is 1. The molecule has 1 aromatic rings. The summed E-state index contributed by atoms with van der Waals surface area (Å²) in [7, 11) is -3.51. The first-order valence-electron chi connectivity index (χ1n) is 8.54. The van der Waals surface area contributed by atoms with Crippen LogP contribution in [0.3, 0.4) is 0 Å². The van der Waals surface area contributed by atoms with Crippen molar-refractivity contribution in [2.75, 3.05) is 39.0 Å². The maximum Gasteiger partial charge on any atom is 0.235 e. The molecule has 1 amide bonds. The summed E-state index contributed by atoms with van der Waals surface area (Å²) in [5.41, 5.74) is 0.677. The Balaban J connectivity index is 1.82. The highest BCUT2D eigenvalue weighted by Crippen LogP contribution is 2.18. The van der Waals surface area contributed by atoms with Gasteiger partial charge in [0.25, 0.3) is 0 Å². The van der Waals surface area contributed by atoms with E-state index in [2.05, 4.69) is 10.2 Å². The summed E-state index contributed by atoms with van der Waals surface area (Å²) in [4.78, 5) is 14.5. The van der Waals surface area contributed by atoms with Crippen LogP contribution in [-0.2, 0) is 21.4 Å². The summed E-state index contributed by atoms with van der Waals surface area (Å²) in [5, 5.41) is 3.29. The van der Waals surface area contributed by atoms with Crippen molar-refractivity contribution in [3.05, 3.63) is 34.9 Å². The van der Waals surface area contributed by atoms with E-state index >= 15 is 0 Å². The predicted molar refractivity (Wildman–Crippen MR) is 100 cm³/mol. The number of hydrogen-bond donors (Lipinski definition) is 1. The third kappa shape index (κ3) is 6.93. The van der Waals surface area contributed by atoms with Gasteiger partial charge in [0, 0.05) is 18.1 Å². The van der Waals surface area contributed by atoms with Crippen LogP contribution < -0.4 is 5.32 Å². The number of hydrogen-bond acceptors (Lipinski definition) is 4.